The summed E-state index contributed by atoms with van der Waals surface area (Å²) in [5, 5.41) is 11.2. The van der Waals surface area contributed by atoms with E-state index in [1.165, 1.54) is 0 Å². The van der Waals surface area contributed by atoms with Gasteiger partial charge in [-0.15, -0.1) is 0 Å². The fourth-order valence-corrected chi connectivity index (χ4v) is 2.85. The minimum Gasteiger partial charge on any atom is -0.389 e. The van der Waals surface area contributed by atoms with Gasteiger partial charge in [0.05, 0.1) is 11.6 Å². The smallest absolute Gasteiger partial charge is 0.219 e. The molecular weight excluding hydrogens is 266 g/mol. The van der Waals surface area contributed by atoms with Gasteiger partial charge in [0.25, 0.3) is 0 Å². The molecule has 0 aliphatic carbocycles. The Morgan fingerprint density at radius 3 is 2.86 bits per heavy atom. The molecule has 1 N–H and O–H groups in total. The quantitative estimate of drug-likeness (QED) is 0.857. The van der Waals surface area contributed by atoms with Crippen molar-refractivity contribution < 1.29 is 9.90 Å². The summed E-state index contributed by atoms with van der Waals surface area (Å²) in [6.45, 7) is 3.81. The first-order valence-corrected chi connectivity index (χ1v) is 7.17. The number of pyridine rings is 1. The molecule has 3 rings (SSSR count). The van der Waals surface area contributed by atoms with Crippen LogP contribution in [0.3, 0.4) is 0 Å². The lowest BCUT2D eigenvalue weighted by Gasteiger charge is -2.25. The summed E-state index contributed by atoms with van der Waals surface area (Å²) in [5.74, 6) is 0.00971. The van der Waals surface area contributed by atoms with Crippen molar-refractivity contribution in [3.05, 3.63) is 36.5 Å². The van der Waals surface area contributed by atoms with Gasteiger partial charge in [-0.3, -0.25) is 9.78 Å². The highest BCUT2D eigenvalue weighted by molar-refractivity contribution is 5.91. The third-order valence-corrected chi connectivity index (χ3v) is 3.91. The van der Waals surface area contributed by atoms with Gasteiger partial charge in [0.2, 0.25) is 5.91 Å². The summed E-state index contributed by atoms with van der Waals surface area (Å²) in [6, 6.07) is 9.95. The molecule has 0 radical (unpaired) electrons. The van der Waals surface area contributed by atoms with Crippen LogP contribution >= 0.6 is 0 Å². The molecule has 1 aliphatic heterocycles. The van der Waals surface area contributed by atoms with E-state index >= 15 is 0 Å². The number of hydrogen-bond acceptors (Lipinski definition) is 4. The standard InChI is InChI=1S/C16H19N3O2/c1-12(20)18-8-9-19(11-13(21)10-18)16-6-7-17-15-5-3-2-4-14(15)16/h2-7,13,21H,8-11H2,1H3. The van der Waals surface area contributed by atoms with Gasteiger partial charge >= 0.3 is 0 Å². The number of β-amino-alcohol motifs (C(OH)–C–C–N with tert-alkyl or cyclic N) is 1. The van der Waals surface area contributed by atoms with Gasteiger partial charge in [0.1, 0.15) is 0 Å². The lowest BCUT2D eigenvalue weighted by atomic mass is 10.1. The normalized spacial score (nSPS) is 19.6. The molecule has 5 nitrogen and oxygen atoms in total. The van der Waals surface area contributed by atoms with Crippen LogP contribution in [0, 0.1) is 0 Å². The number of aliphatic hydroxyl groups excluding tert-OH is 1. The number of nitrogens with zero attached hydrogens (tertiary/aromatic N) is 3. The maximum atomic E-state index is 11.5. The van der Waals surface area contributed by atoms with Crippen molar-refractivity contribution in [1.82, 2.24) is 9.88 Å². The number of benzene rings is 1. The molecule has 2 aromatic rings. The van der Waals surface area contributed by atoms with Gasteiger partial charge in [-0.05, 0) is 12.1 Å². The number of anilines is 1. The monoisotopic (exact) mass is 285 g/mol. The zero-order chi connectivity index (χ0) is 14.8. The van der Waals surface area contributed by atoms with Crippen LogP contribution in [0.1, 0.15) is 6.92 Å². The number of carbonyl (C=O) groups is 1. The molecule has 0 spiro atoms. The van der Waals surface area contributed by atoms with Gasteiger partial charge in [0, 0.05) is 50.4 Å². The molecule has 110 valence electrons. The van der Waals surface area contributed by atoms with E-state index in [0.29, 0.717) is 26.2 Å². The van der Waals surface area contributed by atoms with Crippen molar-refractivity contribution in [2.24, 2.45) is 0 Å². The predicted octanol–water partition coefficient (Wildman–Crippen LogP) is 1.26. The van der Waals surface area contributed by atoms with Crippen LogP contribution in [0.2, 0.25) is 0 Å². The molecule has 21 heavy (non-hydrogen) atoms. The Bertz CT molecular complexity index is 654. The average molecular weight is 285 g/mol. The van der Waals surface area contributed by atoms with Crippen molar-refractivity contribution in [3.8, 4) is 0 Å². The number of para-hydroxylation sites is 1. The second kappa shape index (κ2) is 5.69. The van der Waals surface area contributed by atoms with Crippen molar-refractivity contribution in [1.29, 1.82) is 0 Å². The topological polar surface area (TPSA) is 56.7 Å². The molecule has 1 aromatic heterocycles. The highest BCUT2D eigenvalue weighted by atomic mass is 16.3. The van der Waals surface area contributed by atoms with E-state index in [-0.39, 0.29) is 5.91 Å². The first-order chi connectivity index (χ1) is 10.1. The van der Waals surface area contributed by atoms with Gasteiger partial charge < -0.3 is 14.9 Å². The van der Waals surface area contributed by atoms with E-state index < -0.39 is 6.10 Å². The van der Waals surface area contributed by atoms with Crippen LogP contribution in [0.4, 0.5) is 5.69 Å². The van der Waals surface area contributed by atoms with Gasteiger partial charge in [-0.25, -0.2) is 0 Å². The fraction of sp³-hybridized carbons (Fsp3) is 0.375. The molecule has 1 atom stereocenters. The predicted molar refractivity (Wildman–Crippen MR) is 82.2 cm³/mol. The number of hydrogen-bond donors (Lipinski definition) is 1. The molecule has 1 aliphatic rings. The highest BCUT2D eigenvalue weighted by Gasteiger charge is 2.23. The van der Waals surface area contributed by atoms with Crippen LogP contribution in [0.5, 0.6) is 0 Å². The fourth-order valence-electron chi connectivity index (χ4n) is 2.85. The van der Waals surface area contributed by atoms with Crippen LogP contribution < -0.4 is 4.90 Å². The molecule has 1 aromatic carbocycles. The molecule has 1 unspecified atom stereocenters. The summed E-state index contributed by atoms with van der Waals surface area (Å²) in [7, 11) is 0. The minimum absolute atomic E-state index is 0.00971. The molecule has 2 heterocycles. The summed E-state index contributed by atoms with van der Waals surface area (Å²) < 4.78 is 0. The van der Waals surface area contributed by atoms with E-state index in [1.807, 2.05) is 30.3 Å². The van der Waals surface area contributed by atoms with Gasteiger partial charge in [-0.2, -0.15) is 0 Å². The molecule has 0 saturated carbocycles. The summed E-state index contributed by atoms with van der Waals surface area (Å²) >= 11 is 0. The van der Waals surface area contributed by atoms with Crippen molar-refractivity contribution in [2.75, 3.05) is 31.1 Å². The number of aromatic nitrogens is 1. The Hall–Kier alpha value is -2.14. The van der Waals surface area contributed by atoms with E-state index in [4.69, 9.17) is 0 Å². The van der Waals surface area contributed by atoms with Crippen LogP contribution in [0.25, 0.3) is 10.9 Å². The molecule has 1 amide bonds. The zero-order valence-electron chi connectivity index (χ0n) is 12.1. The Morgan fingerprint density at radius 1 is 1.24 bits per heavy atom. The van der Waals surface area contributed by atoms with Crippen LogP contribution in [-0.2, 0) is 4.79 Å². The first-order valence-electron chi connectivity index (χ1n) is 7.17. The number of rotatable bonds is 1. The maximum Gasteiger partial charge on any atom is 0.219 e. The molecular formula is C16H19N3O2. The largest absolute Gasteiger partial charge is 0.389 e. The van der Waals surface area contributed by atoms with Crippen molar-refractivity contribution in [2.45, 2.75) is 13.0 Å². The SMILES string of the molecule is CC(=O)N1CCN(c2ccnc3ccccc23)CC(O)C1. The second-order valence-electron chi connectivity index (χ2n) is 5.41. The maximum absolute atomic E-state index is 11.5. The summed E-state index contributed by atoms with van der Waals surface area (Å²) in [4.78, 5) is 19.7. The number of carbonyl (C=O) groups excluding carboxylic acids is 1. The van der Waals surface area contributed by atoms with Crippen LogP contribution in [-0.4, -0.2) is 53.2 Å². The average Bonchev–Trinajstić information content (AvgIpc) is 2.68. The van der Waals surface area contributed by atoms with Gasteiger partial charge in [0.15, 0.2) is 0 Å². The lowest BCUT2D eigenvalue weighted by Crippen LogP contribution is -2.36. The third kappa shape index (κ3) is 2.83. The second-order valence-corrected chi connectivity index (χ2v) is 5.41. The van der Waals surface area contributed by atoms with E-state index in [0.717, 1.165) is 16.6 Å². The summed E-state index contributed by atoms with van der Waals surface area (Å²) in [6.07, 6.45) is 1.25. The Morgan fingerprint density at radius 2 is 2.05 bits per heavy atom. The van der Waals surface area contributed by atoms with E-state index in [1.54, 1.807) is 18.0 Å². The van der Waals surface area contributed by atoms with Gasteiger partial charge in [-0.1, -0.05) is 18.2 Å². The van der Waals surface area contributed by atoms with Crippen molar-refractivity contribution >= 4 is 22.5 Å². The first kappa shape index (κ1) is 13.8. The third-order valence-electron chi connectivity index (χ3n) is 3.91. The molecule has 0 bridgehead atoms. The lowest BCUT2D eigenvalue weighted by molar-refractivity contribution is -0.129. The number of amides is 1. The number of fused-ring (bicyclic) bond motifs is 1. The molecule has 1 saturated heterocycles. The van der Waals surface area contributed by atoms with Crippen molar-refractivity contribution in [3.63, 3.8) is 0 Å². The Kier molecular flexibility index (Phi) is 3.75. The Balaban J connectivity index is 1.93. The van der Waals surface area contributed by atoms with E-state index in [2.05, 4.69) is 9.88 Å². The summed E-state index contributed by atoms with van der Waals surface area (Å²) in [5.41, 5.74) is 2.00. The van der Waals surface area contributed by atoms with E-state index in [9.17, 15) is 9.90 Å². The highest BCUT2D eigenvalue weighted by Crippen LogP contribution is 2.26. The van der Waals surface area contributed by atoms with Crippen LogP contribution in [0.15, 0.2) is 36.5 Å². The minimum atomic E-state index is -0.539. The molecule has 1 fully saturated rings. The number of aliphatic hydroxyl groups is 1. The zero-order valence-corrected chi connectivity index (χ0v) is 12.1. The molecule has 5 heteroatoms. The Labute approximate surface area is 123 Å².